The monoisotopic (exact) mass is 302 g/mol. The van der Waals surface area contributed by atoms with Crippen LogP contribution in [0.4, 0.5) is 5.82 Å². The molecule has 88 valence electrons. The highest BCUT2D eigenvalue weighted by Gasteiger charge is 2.31. The van der Waals surface area contributed by atoms with Gasteiger partial charge in [-0.05, 0) is 46.7 Å². The summed E-state index contributed by atoms with van der Waals surface area (Å²) < 4.78 is 0.946. The molecule has 1 unspecified atom stereocenters. The molecule has 0 amide bonds. The lowest BCUT2D eigenvalue weighted by molar-refractivity contribution is 0.0819. The van der Waals surface area contributed by atoms with Gasteiger partial charge in [-0.2, -0.15) is 11.8 Å². The molecule has 2 N–H and O–H groups in total. The molecule has 0 radical (unpaired) electrons. The van der Waals surface area contributed by atoms with Crippen LogP contribution in [0.1, 0.15) is 12.0 Å². The first-order chi connectivity index (χ1) is 7.59. The Morgan fingerprint density at radius 1 is 1.69 bits per heavy atom. The lowest BCUT2D eigenvalue weighted by atomic mass is 10.0. The van der Waals surface area contributed by atoms with Crippen molar-refractivity contribution in [1.29, 1.82) is 0 Å². The number of aromatic nitrogens is 1. The molecule has 16 heavy (non-hydrogen) atoms. The molecule has 1 atom stereocenters. The number of rotatable bonds is 3. The average Bonchev–Trinajstić information content (AvgIpc) is 2.64. The number of pyridine rings is 1. The van der Waals surface area contributed by atoms with E-state index in [9.17, 15) is 5.11 Å². The van der Waals surface area contributed by atoms with Crippen LogP contribution in [-0.2, 0) is 0 Å². The first-order valence-electron chi connectivity index (χ1n) is 5.25. The van der Waals surface area contributed by atoms with E-state index < -0.39 is 5.60 Å². The fourth-order valence-electron chi connectivity index (χ4n) is 1.65. The topological polar surface area (TPSA) is 45.2 Å². The van der Waals surface area contributed by atoms with Crippen LogP contribution in [0, 0.1) is 6.92 Å². The fourth-order valence-corrected chi connectivity index (χ4v) is 3.55. The highest BCUT2D eigenvalue weighted by atomic mass is 79.9. The minimum absolute atomic E-state index is 0.564. The Hall–Kier alpha value is -0.260. The summed E-state index contributed by atoms with van der Waals surface area (Å²) in [5, 5.41) is 13.4. The fraction of sp³-hybridized carbons (Fsp3) is 0.545. The van der Waals surface area contributed by atoms with Crippen LogP contribution in [0.25, 0.3) is 0 Å². The van der Waals surface area contributed by atoms with Gasteiger partial charge in [0.05, 0.1) is 10.1 Å². The molecular weight excluding hydrogens is 288 g/mol. The SMILES string of the molecule is Cc1cnc(NCC2(O)CCSC2)c(Br)c1. The molecule has 1 aromatic heterocycles. The van der Waals surface area contributed by atoms with E-state index in [0.29, 0.717) is 6.54 Å². The number of hydrogen-bond acceptors (Lipinski definition) is 4. The third-order valence-electron chi connectivity index (χ3n) is 2.65. The Morgan fingerprint density at radius 3 is 3.12 bits per heavy atom. The van der Waals surface area contributed by atoms with Crippen LogP contribution in [0.3, 0.4) is 0 Å². The maximum absolute atomic E-state index is 10.2. The number of aliphatic hydroxyl groups is 1. The van der Waals surface area contributed by atoms with E-state index in [1.807, 2.05) is 19.2 Å². The zero-order valence-electron chi connectivity index (χ0n) is 9.16. The van der Waals surface area contributed by atoms with Crippen molar-refractivity contribution in [3.05, 3.63) is 22.3 Å². The molecule has 1 saturated heterocycles. The van der Waals surface area contributed by atoms with Crippen molar-refractivity contribution in [2.45, 2.75) is 18.9 Å². The Bertz CT molecular complexity index is 380. The van der Waals surface area contributed by atoms with Crippen LogP contribution in [0.5, 0.6) is 0 Å². The molecule has 1 fully saturated rings. The lowest BCUT2D eigenvalue weighted by Gasteiger charge is -2.22. The molecule has 0 saturated carbocycles. The quantitative estimate of drug-likeness (QED) is 0.900. The lowest BCUT2D eigenvalue weighted by Crippen LogP contribution is -2.36. The summed E-state index contributed by atoms with van der Waals surface area (Å²) >= 11 is 5.26. The van der Waals surface area contributed by atoms with Crippen LogP contribution in [0.2, 0.25) is 0 Å². The summed E-state index contributed by atoms with van der Waals surface area (Å²) in [6.07, 6.45) is 2.68. The van der Waals surface area contributed by atoms with Gasteiger partial charge in [-0.1, -0.05) is 0 Å². The van der Waals surface area contributed by atoms with E-state index in [1.54, 1.807) is 11.8 Å². The number of hydrogen-bond donors (Lipinski definition) is 2. The number of halogens is 1. The van der Waals surface area contributed by atoms with Crippen molar-refractivity contribution in [3.63, 3.8) is 0 Å². The number of nitrogens with zero attached hydrogens (tertiary/aromatic N) is 1. The molecule has 0 spiro atoms. The Balaban J connectivity index is 1.99. The molecule has 2 rings (SSSR count). The van der Waals surface area contributed by atoms with Crippen molar-refractivity contribution in [1.82, 2.24) is 4.98 Å². The number of thioether (sulfide) groups is 1. The second-order valence-electron chi connectivity index (χ2n) is 4.22. The van der Waals surface area contributed by atoms with Crippen LogP contribution >= 0.6 is 27.7 Å². The largest absolute Gasteiger partial charge is 0.387 e. The van der Waals surface area contributed by atoms with Crippen molar-refractivity contribution < 1.29 is 5.11 Å². The molecule has 1 aliphatic heterocycles. The van der Waals surface area contributed by atoms with Crippen LogP contribution in [0.15, 0.2) is 16.7 Å². The van der Waals surface area contributed by atoms with E-state index >= 15 is 0 Å². The van der Waals surface area contributed by atoms with Gasteiger partial charge >= 0.3 is 0 Å². The first kappa shape index (κ1) is 12.2. The van der Waals surface area contributed by atoms with E-state index in [2.05, 4.69) is 26.2 Å². The summed E-state index contributed by atoms with van der Waals surface area (Å²) in [6.45, 7) is 2.57. The van der Waals surface area contributed by atoms with Gasteiger partial charge in [0.1, 0.15) is 5.82 Å². The predicted octanol–water partition coefficient (Wildman–Crippen LogP) is 2.43. The number of aryl methyl sites for hydroxylation is 1. The zero-order valence-corrected chi connectivity index (χ0v) is 11.6. The van der Waals surface area contributed by atoms with Crippen molar-refractivity contribution in [3.8, 4) is 0 Å². The smallest absolute Gasteiger partial charge is 0.140 e. The van der Waals surface area contributed by atoms with Crippen molar-refractivity contribution >= 4 is 33.5 Å². The first-order valence-corrected chi connectivity index (χ1v) is 7.20. The van der Waals surface area contributed by atoms with Crippen molar-refractivity contribution in [2.75, 3.05) is 23.4 Å². The summed E-state index contributed by atoms with van der Waals surface area (Å²) in [5.41, 5.74) is 0.545. The maximum Gasteiger partial charge on any atom is 0.140 e. The molecule has 0 aromatic carbocycles. The molecule has 0 bridgehead atoms. The van der Waals surface area contributed by atoms with Gasteiger partial charge in [0, 0.05) is 18.5 Å². The van der Waals surface area contributed by atoms with Gasteiger partial charge in [-0.15, -0.1) is 0 Å². The van der Waals surface area contributed by atoms with E-state index in [-0.39, 0.29) is 0 Å². The van der Waals surface area contributed by atoms with E-state index in [4.69, 9.17) is 0 Å². The molecule has 1 aromatic rings. The molecule has 5 heteroatoms. The summed E-state index contributed by atoms with van der Waals surface area (Å²) in [6, 6.07) is 2.02. The molecule has 3 nitrogen and oxygen atoms in total. The second-order valence-corrected chi connectivity index (χ2v) is 6.18. The Labute approximate surface area is 108 Å². The highest BCUT2D eigenvalue weighted by molar-refractivity contribution is 9.10. The van der Waals surface area contributed by atoms with Crippen molar-refractivity contribution in [2.24, 2.45) is 0 Å². The zero-order chi connectivity index (χ0) is 11.6. The average molecular weight is 303 g/mol. The predicted molar refractivity (Wildman–Crippen MR) is 72.1 cm³/mol. The number of anilines is 1. The Morgan fingerprint density at radius 2 is 2.50 bits per heavy atom. The van der Waals surface area contributed by atoms with Gasteiger partial charge in [-0.3, -0.25) is 0 Å². The van der Waals surface area contributed by atoms with Gasteiger partial charge in [0.25, 0.3) is 0 Å². The normalized spacial score (nSPS) is 24.7. The second kappa shape index (κ2) is 4.94. The third kappa shape index (κ3) is 2.90. The number of nitrogens with one attached hydrogen (secondary N) is 1. The van der Waals surface area contributed by atoms with Gasteiger partial charge in [0.2, 0.25) is 0 Å². The molecule has 0 aliphatic carbocycles. The van der Waals surface area contributed by atoms with Crippen LogP contribution in [-0.4, -0.2) is 33.7 Å². The minimum Gasteiger partial charge on any atom is -0.387 e. The van der Waals surface area contributed by atoms with Crippen LogP contribution < -0.4 is 5.32 Å². The highest BCUT2D eigenvalue weighted by Crippen LogP contribution is 2.29. The van der Waals surface area contributed by atoms with E-state index in [0.717, 1.165) is 33.8 Å². The van der Waals surface area contributed by atoms with Gasteiger partial charge < -0.3 is 10.4 Å². The third-order valence-corrected chi connectivity index (χ3v) is 4.48. The summed E-state index contributed by atoms with van der Waals surface area (Å²) in [4.78, 5) is 4.29. The van der Waals surface area contributed by atoms with Gasteiger partial charge in [0.15, 0.2) is 0 Å². The van der Waals surface area contributed by atoms with E-state index in [1.165, 1.54) is 0 Å². The standard InChI is InChI=1S/C11H15BrN2OS/c1-8-4-9(12)10(13-5-8)14-6-11(15)2-3-16-7-11/h4-5,15H,2-3,6-7H2,1H3,(H,13,14). The minimum atomic E-state index is -0.573. The maximum atomic E-state index is 10.2. The summed E-state index contributed by atoms with van der Waals surface area (Å²) in [7, 11) is 0. The molecule has 2 heterocycles. The molecule has 1 aliphatic rings. The van der Waals surface area contributed by atoms with Gasteiger partial charge in [-0.25, -0.2) is 4.98 Å². The Kier molecular flexibility index (Phi) is 3.77. The molecular formula is C11H15BrN2OS. The summed E-state index contributed by atoms with van der Waals surface area (Å²) in [5.74, 6) is 2.65.